The summed E-state index contributed by atoms with van der Waals surface area (Å²) in [7, 11) is 0.500. The van der Waals surface area contributed by atoms with Gasteiger partial charge in [0, 0.05) is 11.8 Å². The van der Waals surface area contributed by atoms with Gasteiger partial charge < -0.3 is 0 Å². The van der Waals surface area contributed by atoms with E-state index < -0.39 is 6.43 Å². The van der Waals surface area contributed by atoms with Gasteiger partial charge in [0.2, 0.25) is 0 Å². The van der Waals surface area contributed by atoms with Crippen molar-refractivity contribution in [3.8, 4) is 6.07 Å². The number of hydrogen-bond acceptors (Lipinski definition) is 2. The molecule has 0 aliphatic heterocycles. The molecular weight excluding hydrogens is 229 g/mol. The Hall–Kier alpha value is -1.28. The topological polar surface area (TPSA) is 36.7 Å². The standard InChI is InChI=1S/C8H5ClF2N2.CH3F/c9-6-3-5(8(10)11)4-13-7(6)1-2-12;1-2/h3-4,8H,1H2;1H3. The minimum absolute atomic E-state index is 0.0301. The van der Waals surface area contributed by atoms with Crippen LogP contribution in [0.15, 0.2) is 12.3 Å². The SMILES string of the molecule is CF.N#CCc1ncc(C(F)F)cc1Cl. The highest BCUT2D eigenvalue weighted by Gasteiger charge is 2.10. The zero-order valence-electron chi connectivity index (χ0n) is 7.85. The van der Waals surface area contributed by atoms with E-state index in [9.17, 15) is 13.2 Å². The van der Waals surface area contributed by atoms with Crippen molar-refractivity contribution < 1.29 is 13.2 Å². The van der Waals surface area contributed by atoms with Gasteiger partial charge in [-0.25, -0.2) is 8.78 Å². The highest BCUT2D eigenvalue weighted by Crippen LogP contribution is 2.23. The van der Waals surface area contributed by atoms with Gasteiger partial charge in [0.15, 0.2) is 0 Å². The summed E-state index contributed by atoms with van der Waals surface area (Å²) in [6, 6.07) is 2.97. The monoisotopic (exact) mass is 236 g/mol. The molecule has 0 radical (unpaired) electrons. The van der Waals surface area contributed by atoms with Gasteiger partial charge in [-0.2, -0.15) is 5.26 Å². The van der Waals surface area contributed by atoms with Gasteiger partial charge in [-0.3, -0.25) is 9.37 Å². The lowest BCUT2D eigenvalue weighted by Crippen LogP contribution is -1.93. The van der Waals surface area contributed by atoms with Crippen molar-refractivity contribution in [2.45, 2.75) is 12.8 Å². The zero-order chi connectivity index (χ0) is 11.8. The van der Waals surface area contributed by atoms with Crippen LogP contribution in [0.5, 0.6) is 0 Å². The van der Waals surface area contributed by atoms with E-state index in [0.29, 0.717) is 12.9 Å². The minimum atomic E-state index is -2.58. The van der Waals surface area contributed by atoms with E-state index in [1.807, 2.05) is 6.07 Å². The average Bonchev–Trinajstić information content (AvgIpc) is 2.24. The van der Waals surface area contributed by atoms with E-state index in [2.05, 4.69) is 4.98 Å². The minimum Gasteiger partial charge on any atom is -0.258 e. The van der Waals surface area contributed by atoms with Crippen LogP contribution in [0.1, 0.15) is 17.7 Å². The molecule has 0 unspecified atom stereocenters. The molecule has 1 heterocycles. The maximum absolute atomic E-state index is 12.1. The maximum atomic E-state index is 12.1. The summed E-state index contributed by atoms with van der Waals surface area (Å²) in [6.07, 6.45) is -1.52. The molecule has 6 heteroatoms. The lowest BCUT2D eigenvalue weighted by molar-refractivity contribution is 0.151. The summed E-state index contributed by atoms with van der Waals surface area (Å²) >= 11 is 5.61. The van der Waals surface area contributed by atoms with Crippen LogP contribution in [0.3, 0.4) is 0 Å². The first kappa shape index (κ1) is 13.7. The molecule has 1 aromatic heterocycles. The van der Waals surface area contributed by atoms with Crippen molar-refractivity contribution in [2.75, 3.05) is 7.18 Å². The van der Waals surface area contributed by atoms with Gasteiger partial charge in [0.05, 0.1) is 30.4 Å². The number of hydrogen-bond donors (Lipinski definition) is 0. The first-order chi connectivity index (χ1) is 7.15. The number of aromatic nitrogens is 1. The van der Waals surface area contributed by atoms with Crippen LogP contribution in [0.25, 0.3) is 0 Å². The molecule has 0 aliphatic rings. The second kappa shape index (κ2) is 7.07. The predicted molar refractivity (Wildman–Crippen MR) is 50.6 cm³/mol. The van der Waals surface area contributed by atoms with Crippen molar-refractivity contribution in [2.24, 2.45) is 0 Å². The van der Waals surface area contributed by atoms with Gasteiger partial charge in [-0.05, 0) is 6.07 Å². The Morgan fingerprint density at radius 1 is 1.53 bits per heavy atom. The highest BCUT2D eigenvalue weighted by molar-refractivity contribution is 6.31. The Morgan fingerprint density at radius 2 is 2.13 bits per heavy atom. The lowest BCUT2D eigenvalue weighted by atomic mass is 10.2. The first-order valence-corrected chi connectivity index (χ1v) is 4.20. The molecule has 2 nitrogen and oxygen atoms in total. The van der Waals surface area contributed by atoms with Crippen LogP contribution >= 0.6 is 11.6 Å². The number of nitrogens with zero attached hydrogens (tertiary/aromatic N) is 2. The number of rotatable bonds is 2. The fourth-order valence-electron chi connectivity index (χ4n) is 0.805. The molecule has 1 rings (SSSR count). The van der Waals surface area contributed by atoms with Crippen molar-refractivity contribution in [3.63, 3.8) is 0 Å². The summed E-state index contributed by atoms with van der Waals surface area (Å²) in [4.78, 5) is 3.65. The summed E-state index contributed by atoms with van der Waals surface area (Å²) in [5.41, 5.74) is 0.0975. The van der Waals surface area contributed by atoms with Crippen molar-refractivity contribution >= 4 is 11.6 Å². The molecule has 0 aromatic carbocycles. The Balaban J connectivity index is 0.000000921. The average molecular weight is 237 g/mol. The summed E-state index contributed by atoms with van der Waals surface area (Å²) < 4.78 is 33.7. The molecule has 0 saturated heterocycles. The van der Waals surface area contributed by atoms with E-state index >= 15 is 0 Å². The third-order valence-corrected chi connectivity index (χ3v) is 1.76. The summed E-state index contributed by atoms with van der Waals surface area (Å²) in [5, 5.41) is 8.44. The van der Waals surface area contributed by atoms with Crippen molar-refractivity contribution in [1.29, 1.82) is 5.26 Å². The Labute approximate surface area is 90.3 Å². The normalized spacial score (nSPS) is 9.13. The predicted octanol–water partition coefficient (Wildman–Crippen LogP) is 3.32. The second-order valence-corrected chi connectivity index (χ2v) is 2.74. The molecule has 0 spiro atoms. The highest BCUT2D eigenvalue weighted by atomic mass is 35.5. The van der Waals surface area contributed by atoms with Gasteiger partial charge in [-0.15, -0.1) is 0 Å². The number of nitriles is 1. The number of halogens is 4. The number of alkyl halides is 3. The molecule has 0 atom stereocenters. The molecular formula is C9H8ClF3N2. The van der Waals surface area contributed by atoms with E-state index in [4.69, 9.17) is 16.9 Å². The molecule has 0 fully saturated rings. The van der Waals surface area contributed by atoms with E-state index in [1.54, 1.807) is 0 Å². The Kier molecular flexibility index (Phi) is 6.47. The van der Waals surface area contributed by atoms with Gasteiger partial charge in [-0.1, -0.05) is 11.6 Å². The van der Waals surface area contributed by atoms with Crippen molar-refractivity contribution in [3.05, 3.63) is 28.5 Å². The van der Waals surface area contributed by atoms with E-state index in [-0.39, 0.29) is 17.0 Å². The third-order valence-electron chi connectivity index (χ3n) is 1.44. The molecule has 1 aromatic rings. The van der Waals surface area contributed by atoms with E-state index in [0.717, 1.165) is 12.3 Å². The molecule has 0 amide bonds. The Bertz CT molecular complexity index is 350. The van der Waals surface area contributed by atoms with Crippen LogP contribution in [-0.2, 0) is 6.42 Å². The third kappa shape index (κ3) is 4.17. The van der Waals surface area contributed by atoms with Gasteiger partial charge in [0.25, 0.3) is 6.43 Å². The fourth-order valence-corrected chi connectivity index (χ4v) is 1.05. The molecule has 82 valence electrons. The van der Waals surface area contributed by atoms with Crippen LogP contribution in [0, 0.1) is 11.3 Å². The second-order valence-electron chi connectivity index (χ2n) is 2.33. The molecule has 15 heavy (non-hydrogen) atoms. The van der Waals surface area contributed by atoms with Crippen LogP contribution in [-0.4, -0.2) is 12.2 Å². The van der Waals surface area contributed by atoms with Crippen molar-refractivity contribution in [1.82, 2.24) is 4.98 Å². The number of pyridine rings is 1. The molecule has 0 bridgehead atoms. The lowest BCUT2D eigenvalue weighted by Gasteiger charge is -2.01. The smallest absolute Gasteiger partial charge is 0.258 e. The quantitative estimate of drug-likeness (QED) is 0.790. The summed E-state index contributed by atoms with van der Waals surface area (Å²) in [6.45, 7) is 0. The largest absolute Gasteiger partial charge is 0.265 e. The van der Waals surface area contributed by atoms with E-state index in [1.165, 1.54) is 0 Å². The first-order valence-electron chi connectivity index (χ1n) is 3.82. The van der Waals surface area contributed by atoms with Gasteiger partial charge >= 0.3 is 0 Å². The summed E-state index contributed by atoms with van der Waals surface area (Å²) in [5.74, 6) is 0. The molecule has 0 saturated carbocycles. The maximum Gasteiger partial charge on any atom is 0.265 e. The van der Waals surface area contributed by atoms with Crippen LogP contribution in [0.2, 0.25) is 5.02 Å². The molecule has 0 N–H and O–H groups in total. The Morgan fingerprint density at radius 3 is 2.53 bits per heavy atom. The van der Waals surface area contributed by atoms with Crippen LogP contribution in [0.4, 0.5) is 13.2 Å². The van der Waals surface area contributed by atoms with Crippen LogP contribution < -0.4 is 0 Å². The molecule has 0 aliphatic carbocycles. The van der Waals surface area contributed by atoms with Gasteiger partial charge in [0.1, 0.15) is 0 Å². The fraction of sp³-hybridized carbons (Fsp3) is 0.333. The zero-order valence-corrected chi connectivity index (χ0v) is 8.60.